The number of rotatable bonds is 5. The van der Waals surface area contributed by atoms with E-state index in [-0.39, 0.29) is 10.8 Å². The van der Waals surface area contributed by atoms with Crippen LogP contribution >= 0.6 is 0 Å². The van der Waals surface area contributed by atoms with Crippen LogP contribution in [0.5, 0.6) is 5.75 Å². The molecule has 3 aromatic rings. The first-order valence-electron chi connectivity index (χ1n) is 9.78. The molecule has 0 bridgehead atoms. The molecular formula is C22H26N2O3S. The molecule has 4 rings (SSSR count). The van der Waals surface area contributed by atoms with Gasteiger partial charge in [0.2, 0.25) is 0 Å². The predicted molar refractivity (Wildman–Crippen MR) is 112 cm³/mol. The third-order valence-corrected chi connectivity index (χ3v) is 7.01. The van der Waals surface area contributed by atoms with Gasteiger partial charge in [-0.2, -0.15) is 0 Å². The maximum absolute atomic E-state index is 13.7. The standard InChI is InChI=1S/C22H26N2O3S/c1-4-27-20-9-8-16(15(2)3)12-21(20)28(25,26)24-14-18-10-11-23-13-17-6-5-7-19(24)22(17)18/h5-9,12,14-15,23H,4,10-11,13H2,1-3H3. The van der Waals surface area contributed by atoms with Crippen molar-refractivity contribution in [3.63, 3.8) is 0 Å². The predicted octanol–water partition coefficient (Wildman–Crippen LogP) is 4.05. The molecule has 1 N–H and O–H groups in total. The molecule has 1 aromatic heterocycles. The highest BCUT2D eigenvalue weighted by Gasteiger charge is 2.27. The maximum Gasteiger partial charge on any atom is 0.271 e. The number of ether oxygens (including phenoxy) is 1. The fourth-order valence-corrected chi connectivity index (χ4v) is 5.42. The van der Waals surface area contributed by atoms with Crippen LogP contribution in [0.3, 0.4) is 0 Å². The Morgan fingerprint density at radius 2 is 2.00 bits per heavy atom. The summed E-state index contributed by atoms with van der Waals surface area (Å²) in [6, 6.07) is 11.3. The Morgan fingerprint density at radius 3 is 2.75 bits per heavy atom. The van der Waals surface area contributed by atoms with E-state index in [0.29, 0.717) is 12.4 Å². The molecule has 0 radical (unpaired) electrons. The van der Waals surface area contributed by atoms with Crippen LogP contribution in [0.2, 0.25) is 0 Å². The molecule has 0 atom stereocenters. The minimum atomic E-state index is -3.79. The Labute approximate surface area is 166 Å². The van der Waals surface area contributed by atoms with Gasteiger partial charge in [-0.15, -0.1) is 0 Å². The van der Waals surface area contributed by atoms with Gasteiger partial charge < -0.3 is 10.1 Å². The molecule has 1 aliphatic heterocycles. The summed E-state index contributed by atoms with van der Waals surface area (Å²) in [5.74, 6) is 0.630. The Bertz CT molecular complexity index is 1130. The van der Waals surface area contributed by atoms with E-state index < -0.39 is 10.0 Å². The van der Waals surface area contributed by atoms with Gasteiger partial charge in [-0.05, 0) is 60.7 Å². The van der Waals surface area contributed by atoms with E-state index in [1.54, 1.807) is 18.3 Å². The number of benzene rings is 2. The molecule has 0 fully saturated rings. The Balaban J connectivity index is 1.96. The highest BCUT2D eigenvalue weighted by molar-refractivity contribution is 7.90. The largest absolute Gasteiger partial charge is 0.492 e. The SMILES string of the molecule is CCOc1ccc(C(C)C)cc1S(=O)(=O)n1cc2c3c(cccc31)CNCC2. The average molecular weight is 399 g/mol. The summed E-state index contributed by atoms with van der Waals surface area (Å²) in [6.45, 7) is 7.97. The molecule has 5 nitrogen and oxygen atoms in total. The second-order valence-corrected chi connectivity index (χ2v) is 9.27. The van der Waals surface area contributed by atoms with Crippen LogP contribution in [0.25, 0.3) is 10.9 Å². The van der Waals surface area contributed by atoms with Crippen LogP contribution in [-0.4, -0.2) is 25.5 Å². The molecular weight excluding hydrogens is 372 g/mol. The van der Waals surface area contributed by atoms with E-state index in [9.17, 15) is 8.42 Å². The van der Waals surface area contributed by atoms with Gasteiger partial charge in [0.15, 0.2) is 0 Å². The first kappa shape index (κ1) is 19.0. The minimum absolute atomic E-state index is 0.226. The summed E-state index contributed by atoms with van der Waals surface area (Å²) in [4.78, 5) is 0.226. The summed E-state index contributed by atoms with van der Waals surface area (Å²) in [6.07, 6.45) is 2.59. The number of hydrogen-bond acceptors (Lipinski definition) is 4. The third kappa shape index (κ3) is 3.10. The van der Waals surface area contributed by atoms with Crippen molar-refractivity contribution in [2.45, 2.75) is 44.6 Å². The number of nitrogens with one attached hydrogen (secondary N) is 1. The van der Waals surface area contributed by atoms with Gasteiger partial charge in [-0.3, -0.25) is 0 Å². The van der Waals surface area contributed by atoms with Gasteiger partial charge >= 0.3 is 0 Å². The minimum Gasteiger partial charge on any atom is -0.492 e. The van der Waals surface area contributed by atoms with Crippen LogP contribution in [0.1, 0.15) is 43.4 Å². The summed E-state index contributed by atoms with van der Waals surface area (Å²) in [5.41, 5.74) is 3.91. The maximum atomic E-state index is 13.7. The summed E-state index contributed by atoms with van der Waals surface area (Å²) >= 11 is 0. The molecule has 6 heteroatoms. The molecule has 0 unspecified atom stereocenters. The Hall–Kier alpha value is -2.31. The lowest BCUT2D eigenvalue weighted by Gasteiger charge is -2.15. The van der Waals surface area contributed by atoms with Crippen LogP contribution in [0.4, 0.5) is 0 Å². The normalized spacial score (nSPS) is 14.4. The van der Waals surface area contributed by atoms with E-state index in [1.165, 1.54) is 3.97 Å². The van der Waals surface area contributed by atoms with E-state index in [2.05, 4.69) is 25.2 Å². The van der Waals surface area contributed by atoms with Crippen molar-refractivity contribution in [1.29, 1.82) is 0 Å². The molecule has 0 aliphatic carbocycles. The molecule has 28 heavy (non-hydrogen) atoms. The van der Waals surface area contributed by atoms with Crippen molar-refractivity contribution in [3.05, 3.63) is 59.3 Å². The quantitative estimate of drug-likeness (QED) is 0.704. The van der Waals surface area contributed by atoms with Crippen LogP contribution < -0.4 is 10.1 Å². The monoisotopic (exact) mass is 398 g/mol. The fourth-order valence-electron chi connectivity index (χ4n) is 3.86. The van der Waals surface area contributed by atoms with Crippen molar-refractivity contribution in [2.75, 3.05) is 13.2 Å². The van der Waals surface area contributed by atoms with Crippen molar-refractivity contribution in [3.8, 4) is 5.75 Å². The lowest BCUT2D eigenvalue weighted by molar-refractivity contribution is 0.331. The average Bonchev–Trinajstić information content (AvgIpc) is 2.93. The Kier molecular flexibility index (Phi) is 4.93. The Morgan fingerprint density at radius 1 is 1.18 bits per heavy atom. The zero-order chi connectivity index (χ0) is 19.9. The highest BCUT2D eigenvalue weighted by atomic mass is 32.2. The first-order valence-corrected chi connectivity index (χ1v) is 11.2. The van der Waals surface area contributed by atoms with E-state index >= 15 is 0 Å². The van der Waals surface area contributed by atoms with Gasteiger partial charge in [0.1, 0.15) is 10.6 Å². The van der Waals surface area contributed by atoms with Gasteiger partial charge in [0.05, 0.1) is 12.1 Å². The number of nitrogens with zero attached hydrogens (tertiary/aromatic N) is 1. The molecule has 0 saturated carbocycles. The molecule has 148 valence electrons. The van der Waals surface area contributed by atoms with E-state index in [4.69, 9.17) is 4.74 Å². The zero-order valence-corrected chi connectivity index (χ0v) is 17.3. The molecule has 0 saturated heterocycles. The smallest absolute Gasteiger partial charge is 0.271 e. The molecule has 1 aliphatic rings. The molecule has 2 aromatic carbocycles. The second-order valence-electron chi connectivity index (χ2n) is 7.49. The van der Waals surface area contributed by atoms with Crippen molar-refractivity contribution in [1.82, 2.24) is 9.29 Å². The zero-order valence-electron chi connectivity index (χ0n) is 16.5. The van der Waals surface area contributed by atoms with Crippen molar-refractivity contribution >= 4 is 20.9 Å². The number of aromatic nitrogens is 1. The van der Waals surface area contributed by atoms with Gasteiger partial charge in [0, 0.05) is 18.1 Å². The van der Waals surface area contributed by atoms with E-state index in [0.717, 1.165) is 47.1 Å². The molecule has 0 spiro atoms. The lowest BCUT2D eigenvalue weighted by Crippen LogP contribution is -2.16. The van der Waals surface area contributed by atoms with Crippen molar-refractivity contribution in [2.24, 2.45) is 0 Å². The number of hydrogen-bond donors (Lipinski definition) is 1. The van der Waals surface area contributed by atoms with Crippen LogP contribution in [0, 0.1) is 0 Å². The lowest BCUT2D eigenvalue weighted by atomic mass is 10.0. The highest BCUT2D eigenvalue weighted by Crippen LogP contribution is 2.34. The first-order chi connectivity index (χ1) is 13.4. The molecule has 2 heterocycles. The van der Waals surface area contributed by atoms with Gasteiger partial charge in [0.25, 0.3) is 10.0 Å². The fraction of sp³-hybridized carbons (Fsp3) is 0.364. The third-order valence-electron chi connectivity index (χ3n) is 5.32. The second kappa shape index (κ2) is 7.26. The van der Waals surface area contributed by atoms with Gasteiger partial charge in [-0.25, -0.2) is 12.4 Å². The summed E-state index contributed by atoms with van der Waals surface area (Å²) in [5, 5.41) is 4.45. The van der Waals surface area contributed by atoms with Gasteiger partial charge in [-0.1, -0.05) is 32.0 Å². The topological polar surface area (TPSA) is 60.3 Å². The summed E-state index contributed by atoms with van der Waals surface area (Å²) in [7, 11) is -3.79. The van der Waals surface area contributed by atoms with Crippen LogP contribution in [0.15, 0.2) is 47.5 Å². The molecule has 0 amide bonds. The van der Waals surface area contributed by atoms with Crippen LogP contribution in [-0.2, 0) is 23.0 Å². The summed E-state index contributed by atoms with van der Waals surface area (Å²) < 4.78 is 34.6. The van der Waals surface area contributed by atoms with E-state index in [1.807, 2.05) is 25.1 Å². The van der Waals surface area contributed by atoms with Crippen molar-refractivity contribution < 1.29 is 13.2 Å².